The summed E-state index contributed by atoms with van der Waals surface area (Å²) >= 11 is 0. The second kappa shape index (κ2) is 7.71. The lowest BCUT2D eigenvalue weighted by Crippen LogP contribution is -2.41. The lowest BCUT2D eigenvalue weighted by Gasteiger charge is -2.18. The lowest BCUT2D eigenvalue weighted by molar-refractivity contribution is -0.120. The van der Waals surface area contributed by atoms with Crippen LogP contribution in [-0.4, -0.2) is 38.4 Å². The van der Waals surface area contributed by atoms with Crippen LogP contribution in [-0.2, 0) is 26.3 Å². The van der Waals surface area contributed by atoms with E-state index in [1.165, 1.54) is 7.05 Å². The molecule has 0 unspecified atom stereocenters. The van der Waals surface area contributed by atoms with E-state index in [1.807, 2.05) is 30.3 Å². The van der Waals surface area contributed by atoms with E-state index in [1.54, 1.807) is 0 Å². The molecule has 1 saturated heterocycles. The van der Waals surface area contributed by atoms with Gasteiger partial charge in [-0.3, -0.25) is 4.79 Å². The molecule has 1 heterocycles. The molecule has 1 aliphatic rings. The standard InChI is InChI=1S/C15H22N2O4S/c1-17(12-13-6-3-2-4-7-13)22(19,20)16-15(18)10-9-14-8-5-11-21-14/h2-4,6-7,14H,5,8-12H2,1H3,(H,16,18)/t14-/m0/s1. The van der Waals surface area contributed by atoms with Crippen molar-refractivity contribution in [3.63, 3.8) is 0 Å². The Bertz CT molecular complexity index is 583. The Hall–Kier alpha value is -1.44. The molecule has 0 aliphatic carbocycles. The first-order valence-corrected chi connectivity index (χ1v) is 8.84. The number of nitrogens with one attached hydrogen (secondary N) is 1. The van der Waals surface area contributed by atoms with Crippen LogP contribution >= 0.6 is 0 Å². The van der Waals surface area contributed by atoms with Crippen LogP contribution in [0.3, 0.4) is 0 Å². The third-order valence-electron chi connectivity index (χ3n) is 3.62. The number of carbonyl (C=O) groups excluding carboxylic acids is 1. The Morgan fingerprint density at radius 2 is 2.09 bits per heavy atom. The minimum Gasteiger partial charge on any atom is -0.378 e. The molecule has 7 heteroatoms. The Kier molecular flexibility index (Phi) is 5.93. The molecule has 0 radical (unpaired) electrons. The van der Waals surface area contributed by atoms with Gasteiger partial charge in [-0.05, 0) is 24.8 Å². The minimum atomic E-state index is -3.81. The van der Waals surface area contributed by atoms with Gasteiger partial charge in [0, 0.05) is 26.6 Å². The summed E-state index contributed by atoms with van der Waals surface area (Å²) in [5.74, 6) is -0.490. The van der Waals surface area contributed by atoms with Crippen LogP contribution in [0.15, 0.2) is 30.3 Å². The van der Waals surface area contributed by atoms with Crippen LogP contribution in [0.1, 0.15) is 31.2 Å². The van der Waals surface area contributed by atoms with Crippen LogP contribution in [0.25, 0.3) is 0 Å². The number of rotatable bonds is 7. The highest BCUT2D eigenvalue weighted by atomic mass is 32.2. The van der Waals surface area contributed by atoms with Crippen molar-refractivity contribution in [2.24, 2.45) is 0 Å². The second-order valence-corrected chi connectivity index (χ2v) is 7.22. The van der Waals surface area contributed by atoms with Crippen LogP contribution in [0.2, 0.25) is 0 Å². The van der Waals surface area contributed by atoms with Gasteiger partial charge in [0.05, 0.1) is 6.10 Å². The highest BCUT2D eigenvalue weighted by Gasteiger charge is 2.22. The van der Waals surface area contributed by atoms with Crippen LogP contribution < -0.4 is 4.72 Å². The lowest BCUT2D eigenvalue weighted by atomic mass is 10.1. The largest absolute Gasteiger partial charge is 0.378 e. The summed E-state index contributed by atoms with van der Waals surface area (Å²) in [5, 5.41) is 0. The topological polar surface area (TPSA) is 75.7 Å². The van der Waals surface area contributed by atoms with Crippen LogP contribution in [0.5, 0.6) is 0 Å². The van der Waals surface area contributed by atoms with Gasteiger partial charge in [0.2, 0.25) is 5.91 Å². The SMILES string of the molecule is CN(Cc1ccccc1)S(=O)(=O)NC(=O)CC[C@@H]1CCCO1. The first kappa shape index (κ1) is 16.9. The number of benzene rings is 1. The molecule has 1 N–H and O–H groups in total. The Balaban J connectivity index is 1.82. The zero-order valence-electron chi connectivity index (χ0n) is 12.7. The number of amides is 1. The monoisotopic (exact) mass is 326 g/mol. The molecule has 0 bridgehead atoms. The fourth-order valence-electron chi connectivity index (χ4n) is 2.36. The Labute approximate surface area is 131 Å². The summed E-state index contributed by atoms with van der Waals surface area (Å²) in [7, 11) is -2.36. The number of hydrogen-bond acceptors (Lipinski definition) is 4. The fourth-order valence-corrected chi connectivity index (χ4v) is 3.23. The first-order valence-electron chi connectivity index (χ1n) is 7.40. The number of hydrogen-bond donors (Lipinski definition) is 1. The molecule has 22 heavy (non-hydrogen) atoms. The van der Waals surface area contributed by atoms with Crippen molar-refractivity contribution in [1.29, 1.82) is 0 Å². The van der Waals surface area contributed by atoms with Crippen molar-refractivity contribution in [2.75, 3.05) is 13.7 Å². The van der Waals surface area contributed by atoms with E-state index in [4.69, 9.17) is 4.74 Å². The molecule has 1 aromatic carbocycles. The van der Waals surface area contributed by atoms with E-state index < -0.39 is 16.1 Å². The van der Waals surface area contributed by atoms with Gasteiger partial charge in [-0.2, -0.15) is 12.7 Å². The van der Waals surface area contributed by atoms with Crippen molar-refractivity contribution in [1.82, 2.24) is 9.03 Å². The summed E-state index contributed by atoms with van der Waals surface area (Å²) in [4.78, 5) is 11.8. The van der Waals surface area contributed by atoms with E-state index in [0.717, 1.165) is 29.3 Å². The van der Waals surface area contributed by atoms with Crippen molar-refractivity contribution < 1.29 is 17.9 Å². The summed E-state index contributed by atoms with van der Waals surface area (Å²) in [6.07, 6.45) is 2.74. The molecule has 2 rings (SSSR count). The van der Waals surface area contributed by atoms with Crippen LogP contribution in [0, 0.1) is 0 Å². The quantitative estimate of drug-likeness (QED) is 0.822. The molecular formula is C15H22N2O4S. The van der Waals surface area contributed by atoms with Gasteiger partial charge in [-0.1, -0.05) is 30.3 Å². The molecule has 0 saturated carbocycles. The Morgan fingerprint density at radius 3 is 2.73 bits per heavy atom. The molecule has 0 aromatic heterocycles. The van der Waals surface area contributed by atoms with Gasteiger partial charge in [-0.15, -0.1) is 0 Å². The summed E-state index contributed by atoms with van der Waals surface area (Å²) in [6.45, 7) is 0.944. The average molecular weight is 326 g/mol. The number of ether oxygens (including phenoxy) is 1. The maximum atomic E-state index is 12.1. The fraction of sp³-hybridized carbons (Fsp3) is 0.533. The minimum absolute atomic E-state index is 0.0792. The summed E-state index contributed by atoms with van der Waals surface area (Å²) in [6, 6.07) is 9.23. The van der Waals surface area contributed by atoms with Gasteiger partial charge in [-0.25, -0.2) is 4.72 Å². The summed E-state index contributed by atoms with van der Waals surface area (Å²) in [5.41, 5.74) is 0.863. The smallest absolute Gasteiger partial charge is 0.303 e. The number of nitrogens with zero attached hydrogens (tertiary/aromatic N) is 1. The van der Waals surface area contributed by atoms with Crippen molar-refractivity contribution in [3.8, 4) is 0 Å². The van der Waals surface area contributed by atoms with Gasteiger partial charge >= 0.3 is 10.2 Å². The third kappa shape index (κ3) is 5.08. The normalized spacial score (nSPS) is 18.5. The zero-order chi connectivity index (χ0) is 16.0. The molecule has 1 aromatic rings. The van der Waals surface area contributed by atoms with E-state index >= 15 is 0 Å². The molecule has 6 nitrogen and oxygen atoms in total. The predicted molar refractivity (Wildman–Crippen MR) is 83.2 cm³/mol. The van der Waals surface area contributed by atoms with E-state index in [-0.39, 0.29) is 19.1 Å². The first-order chi connectivity index (χ1) is 10.5. The van der Waals surface area contributed by atoms with E-state index in [9.17, 15) is 13.2 Å². The molecule has 1 atom stereocenters. The molecule has 1 fully saturated rings. The molecule has 0 spiro atoms. The van der Waals surface area contributed by atoms with Gasteiger partial charge in [0.15, 0.2) is 0 Å². The highest BCUT2D eigenvalue weighted by Crippen LogP contribution is 2.16. The van der Waals surface area contributed by atoms with Gasteiger partial charge in [0.25, 0.3) is 0 Å². The third-order valence-corrected chi connectivity index (χ3v) is 5.05. The molecular weight excluding hydrogens is 304 g/mol. The average Bonchev–Trinajstić information content (AvgIpc) is 2.99. The van der Waals surface area contributed by atoms with Crippen molar-refractivity contribution in [2.45, 2.75) is 38.3 Å². The molecule has 1 amide bonds. The molecule has 1 aliphatic heterocycles. The van der Waals surface area contributed by atoms with Gasteiger partial charge < -0.3 is 4.74 Å². The predicted octanol–water partition coefficient (Wildman–Crippen LogP) is 1.44. The maximum absolute atomic E-state index is 12.1. The molecule has 122 valence electrons. The Morgan fingerprint density at radius 1 is 1.36 bits per heavy atom. The van der Waals surface area contributed by atoms with E-state index in [2.05, 4.69) is 4.72 Å². The second-order valence-electron chi connectivity index (χ2n) is 5.45. The van der Waals surface area contributed by atoms with Gasteiger partial charge in [0.1, 0.15) is 0 Å². The van der Waals surface area contributed by atoms with E-state index in [0.29, 0.717) is 6.42 Å². The number of carbonyl (C=O) groups is 1. The highest BCUT2D eigenvalue weighted by molar-refractivity contribution is 7.87. The van der Waals surface area contributed by atoms with Crippen LogP contribution in [0.4, 0.5) is 0 Å². The van der Waals surface area contributed by atoms with Crippen molar-refractivity contribution >= 4 is 16.1 Å². The van der Waals surface area contributed by atoms with Crippen molar-refractivity contribution in [3.05, 3.63) is 35.9 Å². The zero-order valence-corrected chi connectivity index (χ0v) is 13.5. The summed E-state index contributed by atoms with van der Waals surface area (Å²) < 4.78 is 32.9. The maximum Gasteiger partial charge on any atom is 0.303 e.